The summed E-state index contributed by atoms with van der Waals surface area (Å²) in [4.78, 5) is 2.24. The third-order valence-electron chi connectivity index (χ3n) is 4.79. The lowest BCUT2D eigenvalue weighted by molar-refractivity contribution is 0.278. The predicted molar refractivity (Wildman–Crippen MR) is 109 cm³/mol. The summed E-state index contributed by atoms with van der Waals surface area (Å²) in [5.41, 5.74) is 2.81. The molecule has 0 unspecified atom stereocenters. The summed E-state index contributed by atoms with van der Waals surface area (Å²) in [5.74, 6) is 0. The normalized spacial score (nSPS) is 17.4. The second-order valence-corrected chi connectivity index (χ2v) is 8.94. The zero-order valence-corrected chi connectivity index (χ0v) is 17.2. The number of aromatic nitrogens is 2. The molecule has 0 radical (unpaired) electrons. The lowest BCUT2D eigenvalue weighted by Gasteiger charge is -2.20. The third-order valence-corrected chi connectivity index (χ3v) is 6.83. The van der Waals surface area contributed by atoms with Gasteiger partial charge in [0.2, 0.25) is 10.0 Å². The van der Waals surface area contributed by atoms with Crippen LogP contribution in [0.1, 0.15) is 23.2 Å². The Morgan fingerprint density at radius 2 is 1.89 bits per heavy atom. The molecular weight excluding hydrogens is 384 g/mol. The molecule has 1 aliphatic rings. The van der Waals surface area contributed by atoms with Gasteiger partial charge < -0.3 is 0 Å². The quantitative estimate of drug-likeness (QED) is 0.763. The van der Waals surface area contributed by atoms with Gasteiger partial charge in [0.1, 0.15) is 5.15 Å². The summed E-state index contributed by atoms with van der Waals surface area (Å²) in [7, 11) is -1.60. The zero-order valence-electron chi connectivity index (χ0n) is 15.7. The number of rotatable bonds is 5. The van der Waals surface area contributed by atoms with Gasteiger partial charge in [0.15, 0.2) is 0 Å². The highest BCUT2D eigenvalue weighted by molar-refractivity contribution is 7.92. The standard InChI is InChI=1S/C19H25ClN4O2S/c1-16-18(19(20)22(2)21-16)15-23-10-6-11-24(13-12-23)27(25,26)14-9-17-7-4-3-5-8-17/h3-5,7-9,14H,6,10-13,15H2,1-2H3. The van der Waals surface area contributed by atoms with Gasteiger partial charge in [-0.2, -0.15) is 9.40 Å². The van der Waals surface area contributed by atoms with Gasteiger partial charge in [-0.3, -0.25) is 9.58 Å². The predicted octanol–water partition coefficient (Wildman–Crippen LogP) is 2.89. The van der Waals surface area contributed by atoms with Gasteiger partial charge in [-0.25, -0.2) is 8.42 Å². The highest BCUT2D eigenvalue weighted by atomic mass is 35.5. The van der Waals surface area contributed by atoms with Crippen LogP contribution in [0.5, 0.6) is 0 Å². The largest absolute Gasteiger partial charge is 0.298 e. The third kappa shape index (κ3) is 4.99. The van der Waals surface area contributed by atoms with E-state index >= 15 is 0 Å². The van der Waals surface area contributed by atoms with Crippen molar-refractivity contribution in [3.05, 3.63) is 57.7 Å². The number of hydrogen-bond acceptors (Lipinski definition) is 4. The number of nitrogens with zero attached hydrogens (tertiary/aromatic N) is 4. The maximum absolute atomic E-state index is 12.7. The minimum Gasteiger partial charge on any atom is -0.298 e. The fraction of sp³-hybridized carbons (Fsp3) is 0.421. The molecule has 146 valence electrons. The van der Waals surface area contributed by atoms with Crippen molar-refractivity contribution in [3.63, 3.8) is 0 Å². The Balaban J connectivity index is 1.64. The van der Waals surface area contributed by atoms with Crippen molar-refractivity contribution in [3.8, 4) is 0 Å². The second-order valence-electron chi connectivity index (χ2n) is 6.77. The zero-order chi connectivity index (χ0) is 19.4. The topological polar surface area (TPSA) is 58.4 Å². The van der Waals surface area contributed by atoms with Gasteiger partial charge in [-0.05, 0) is 31.5 Å². The van der Waals surface area contributed by atoms with E-state index in [1.54, 1.807) is 15.1 Å². The molecule has 0 bridgehead atoms. The molecule has 3 rings (SSSR count). The molecule has 0 atom stereocenters. The SMILES string of the molecule is Cc1nn(C)c(Cl)c1CN1CCCN(S(=O)(=O)C=Cc2ccccc2)CC1. The van der Waals surface area contributed by atoms with E-state index < -0.39 is 10.0 Å². The molecule has 0 aliphatic carbocycles. The molecule has 1 saturated heterocycles. The van der Waals surface area contributed by atoms with E-state index in [0.717, 1.165) is 29.8 Å². The van der Waals surface area contributed by atoms with E-state index in [1.807, 2.05) is 44.3 Å². The van der Waals surface area contributed by atoms with Crippen LogP contribution in [0.15, 0.2) is 35.7 Å². The van der Waals surface area contributed by atoms with Crippen molar-refractivity contribution in [2.75, 3.05) is 26.2 Å². The highest BCUT2D eigenvalue weighted by Crippen LogP contribution is 2.21. The van der Waals surface area contributed by atoms with Crippen LogP contribution in [-0.2, 0) is 23.6 Å². The maximum atomic E-state index is 12.7. The minimum absolute atomic E-state index is 0.471. The number of halogens is 1. The molecule has 0 saturated carbocycles. The molecule has 2 aromatic rings. The van der Waals surface area contributed by atoms with Crippen LogP contribution in [-0.4, -0.2) is 53.6 Å². The Kier molecular flexibility index (Phi) is 6.37. The summed E-state index contributed by atoms with van der Waals surface area (Å²) >= 11 is 6.33. The van der Waals surface area contributed by atoms with Crippen molar-refractivity contribution < 1.29 is 8.42 Å². The molecule has 1 aromatic heterocycles. The van der Waals surface area contributed by atoms with Crippen molar-refractivity contribution in [2.24, 2.45) is 7.05 Å². The molecule has 1 aliphatic heterocycles. The van der Waals surface area contributed by atoms with Gasteiger partial charge in [-0.15, -0.1) is 0 Å². The first kappa shape index (κ1) is 20.1. The van der Waals surface area contributed by atoms with E-state index in [0.29, 0.717) is 31.3 Å². The lowest BCUT2D eigenvalue weighted by atomic mass is 10.2. The van der Waals surface area contributed by atoms with Gasteiger partial charge >= 0.3 is 0 Å². The van der Waals surface area contributed by atoms with E-state index in [2.05, 4.69) is 10.00 Å². The Labute approximate surface area is 166 Å². The summed E-state index contributed by atoms with van der Waals surface area (Å²) in [6.07, 6.45) is 2.44. The summed E-state index contributed by atoms with van der Waals surface area (Å²) in [6.45, 7) is 5.13. The minimum atomic E-state index is -3.43. The van der Waals surface area contributed by atoms with Crippen LogP contribution < -0.4 is 0 Å². The Hall–Kier alpha value is -1.67. The molecule has 1 fully saturated rings. The van der Waals surface area contributed by atoms with Crippen LogP contribution in [0.4, 0.5) is 0 Å². The van der Waals surface area contributed by atoms with E-state index in [1.165, 1.54) is 5.41 Å². The van der Waals surface area contributed by atoms with Crippen molar-refractivity contribution in [2.45, 2.75) is 19.9 Å². The molecule has 2 heterocycles. The Bertz CT molecular complexity index is 909. The van der Waals surface area contributed by atoms with E-state index in [-0.39, 0.29) is 0 Å². The number of aryl methyl sites for hydroxylation is 2. The van der Waals surface area contributed by atoms with Gasteiger partial charge in [0.05, 0.1) is 5.69 Å². The van der Waals surface area contributed by atoms with Crippen molar-refractivity contribution in [1.82, 2.24) is 19.0 Å². The van der Waals surface area contributed by atoms with Gasteiger partial charge in [-0.1, -0.05) is 41.9 Å². The first-order valence-corrected chi connectivity index (χ1v) is 10.9. The average molecular weight is 409 g/mol. The molecule has 0 N–H and O–H groups in total. The molecular formula is C19H25ClN4O2S. The maximum Gasteiger partial charge on any atom is 0.236 e. The Morgan fingerprint density at radius 1 is 1.15 bits per heavy atom. The van der Waals surface area contributed by atoms with Crippen LogP contribution >= 0.6 is 11.6 Å². The monoisotopic (exact) mass is 408 g/mol. The molecule has 0 spiro atoms. The van der Waals surface area contributed by atoms with Crippen LogP contribution in [0, 0.1) is 6.92 Å². The summed E-state index contributed by atoms with van der Waals surface area (Å²) in [6, 6.07) is 9.46. The van der Waals surface area contributed by atoms with Gasteiger partial charge in [0, 0.05) is 44.2 Å². The van der Waals surface area contributed by atoms with Crippen LogP contribution in [0.3, 0.4) is 0 Å². The lowest BCUT2D eigenvalue weighted by Crippen LogP contribution is -2.34. The van der Waals surface area contributed by atoms with Crippen molar-refractivity contribution in [1.29, 1.82) is 0 Å². The fourth-order valence-electron chi connectivity index (χ4n) is 3.25. The first-order chi connectivity index (χ1) is 12.9. The highest BCUT2D eigenvalue weighted by Gasteiger charge is 2.24. The number of hydrogen-bond donors (Lipinski definition) is 0. The average Bonchev–Trinajstić information content (AvgIpc) is 2.84. The smallest absolute Gasteiger partial charge is 0.236 e. The van der Waals surface area contributed by atoms with Crippen LogP contribution in [0.25, 0.3) is 6.08 Å². The van der Waals surface area contributed by atoms with Crippen LogP contribution in [0.2, 0.25) is 5.15 Å². The number of sulfonamides is 1. The Morgan fingerprint density at radius 3 is 2.56 bits per heavy atom. The van der Waals surface area contributed by atoms with Gasteiger partial charge in [0.25, 0.3) is 0 Å². The second kappa shape index (κ2) is 8.56. The van der Waals surface area contributed by atoms with E-state index in [9.17, 15) is 8.42 Å². The molecule has 27 heavy (non-hydrogen) atoms. The molecule has 0 amide bonds. The van der Waals surface area contributed by atoms with Crippen molar-refractivity contribution >= 4 is 27.7 Å². The first-order valence-electron chi connectivity index (χ1n) is 9.00. The van der Waals surface area contributed by atoms with E-state index in [4.69, 9.17) is 11.6 Å². The fourth-order valence-corrected chi connectivity index (χ4v) is 4.71. The summed E-state index contributed by atoms with van der Waals surface area (Å²) < 4.78 is 28.6. The molecule has 1 aromatic carbocycles. The summed E-state index contributed by atoms with van der Waals surface area (Å²) in [5, 5.41) is 6.30. The number of benzene rings is 1. The molecule has 6 nitrogen and oxygen atoms in total. The molecule has 8 heteroatoms.